The Morgan fingerprint density at radius 2 is 1.80 bits per heavy atom. The van der Waals surface area contributed by atoms with Crippen LogP contribution in [-0.2, 0) is 0 Å². The maximum absolute atomic E-state index is 12.7. The number of carbonyl (C=O) groups excluding carboxylic acids is 1. The van der Waals surface area contributed by atoms with Crippen molar-refractivity contribution >= 4 is 5.78 Å². The van der Waals surface area contributed by atoms with Gasteiger partial charge in [0.1, 0.15) is 5.69 Å². The quantitative estimate of drug-likeness (QED) is 0.871. The van der Waals surface area contributed by atoms with Crippen molar-refractivity contribution in [1.29, 1.82) is 0 Å². The molecule has 20 heavy (non-hydrogen) atoms. The van der Waals surface area contributed by atoms with Gasteiger partial charge in [0.05, 0.1) is 11.9 Å². The van der Waals surface area contributed by atoms with Crippen molar-refractivity contribution in [2.24, 2.45) is 11.7 Å². The maximum Gasteiger partial charge on any atom is 0.184 e. The summed E-state index contributed by atoms with van der Waals surface area (Å²) in [5.74, 6) is 0.284. The Kier molecular flexibility index (Phi) is 3.65. The van der Waals surface area contributed by atoms with Gasteiger partial charge in [-0.2, -0.15) is 5.10 Å². The molecule has 2 aromatic rings. The third-order valence-corrected chi connectivity index (χ3v) is 4.04. The van der Waals surface area contributed by atoms with E-state index in [2.05, 4.69) is 5.10 Å². The van der Waals surface area contributed by atoms with Gasteiger partial charge < -0.3 is 5.73 Å². The summed E-state index contributed by atoms with van der Waals surface area (Å²) in [4.78, 5) is 12.7. The molecule has 104 valence electrons. The molecular weight excluding hydrogens is 250 g/mol. The summed E-state index contributed by atoms with van der Waals surface area (Å²) in [6, 6.07) is 11.8. The van der Waals surface area contributed by atoms with Crippen LogP contribution in [0.15, 0.2) is 42.6 Å². The third kappa shape index (κ3) is 2.51. The van der Waals surface area contributed by atoms with Gasteiger partial charge in [-0.1, -0.05) is 18.2 Å². The van der Waals surface area contributed by atoms with Crippen molar-refractivity contribution in [2.75, 3.05) is 0 Å². The molecule has 1 heterocycles. The number of nitrogens with zero attached hydrogens (tertiary/aromatic N) is 2. The monoisotopic (exact) mass is 269 g/mol. The first-order chi connectivity index (χ1) is 9.75. The molecule has 0 amide bonds. The Labute approximate surface area is 118 Å². The predicted molar refractivity (Wildman–Crippen MR) is 77.8 cm³/mol. The van der Waals surface area contributed by atoms with Gasteiger partial charge in [0.2, 0.25) is 0 Å². The molecule has 0 spiro atoms. The first kappa shape index (κ1) is 13.1. The minimum Gasteiger partial charge on any atom is -0.328 e. The number of ketones is 1. The van der Waals surface area contributed by atoms with E-state index in [0.717, 1.165) is 31.4 Å². The molecule has 1 saturated carbocycles. The maximum atomic E-state index is 12.7. The van der Waals surface area contributed by atoms with Crippen LogP contribution in [-0.4, -0.2) is 21.6 Å². The number of nitrogens with two attached hydrogens (primary N) is 1. The van der Waals surface area contributed by atoms with Gasteiger partial charge in [-0.05, 0) is 43.9 Å². The lowest BCUT2D eigenvalue weighted by molar-refractivity contribution is 0.0876. The molecule has 0 bridgehead atoms. The zero-order valence-electron chi connectivity index (χ0n) is 11.4. The fourth-order valence-corrected chi connectivity index (χ4v) is 2.86. The van der Waals surface area contributed by atoms with Crippen molar-refractivity contribution in [2.45, 2.75) is 31.7 Å². The van der Waals surface area contributed by atoms with Crippen molar-refractivity contribution in [1.82, 2.24) is 9.78 Å². The zero-order chi connectivity index (χ0) is 13.9. The van der Waals surface area contributed by atoms with Crippen molar-refractivity contribution < 1.29 is 4.79 Å². The van der Waals surface area contributed by atoms with E-state index in [1.54, 1.807) is 10.9 Å². The van der Waals surface area contributed by atoms with Crippen LogP contribution in [0.3, 0.4) is 0 Å². The Hall–Kier alpha value is -1.94. The van der Waals surface area contributed by atoms with Crippen LogP contribution in [0.2, 0.25) is 0 Å². The highest BCUT2D eigenvalue weighted by atomic mass is 16.1. The lowest BCUT2D eigenvalue weighted by Gasteiger charge is -2.25. The van der Waals surface area contributed by atoms with E-state index >= 15 is 0 Å². The molecule has 0 atom stereocenters. The summed E-state index contributed by atoms with van der Waals surface area (Å²) in [5, 5.41) is 4.29. The van der Waals surface area contributed by atoms with E-state index in [0.29, 0.717) is 5.69 Å². The van der Waals surface area contributed by atoms with Crippen LogP contribution in [0.5, 0.6) is 0 Å². The summed E-state index contributed by atoms with van der Waals surface area (Å²) < 4.78 is 1.73. The second-order valence-electron chi connectivity index (χ2n) is 5.44. The largest absolute Gasteiger partial charge is 0.328 e. The lowest BCUT2D eigenvalue weighted by atomic mass is 9.83. The number of benzene rings is 1. The van der Waals surface area contributed by atoms with E-state index in [4.69, 9.17) is 5.73 Å². The topological polar surface area (TPSA) is 60.9 Å². The Bertz CT molecular complexity index is 583. The van der Waals surface area contributed by atoms with Crippen molar-refractivity contribution in [3.05, 3.63) is 48.3 Å². The number of aromatic nitrogens is 2. The van der Waals surface area contributed by atoms with E-state index in [9.17, 15) is 4.79 Å². The molecule has 0 saturated heterocycles. The molecule has 0 unspecified atom stereocenters. The predicted octanol–water partition coefficient (Wildman–Crippen LogP) is 2.57. The molecule has 4 heteroatoms. The van der Waals surface area contributed by atoms with Crippen molar-refractivity contribution in [3.63, 3.8) is 0 Å². The van der Waals surface area contributed by atoms with Gasteiger partial charge in [0, 0.05) is 12.0 Å². The molecule has 3 rings (SSSR count). The van der Waals surface area contributed by atoms with Gasteiger partial charge in [0.15, 0.2) is 5.78 Å². The zero-order valence-corrected chi connectivity index (χ0v) is 11.4. The Morgan fingerprint density at radius 3 is 2.50 bits per heavy atom. The molecule has 2 N–H and O–H groups in total. The smallest absolute Gasteiger partial charge is 0.184 e. The van der Waals surface area contributed by atoms with Gasteiger partial charge >= 0.3 is 0 Å². The Morgan fingerprint density at radius 1 is 1.10 bits per heavy atom. The van der Waals surface area contributed by atoms with Gasteiger partial charge in [0.25, 0.3) is 0 Å². The van der Waals surface area contributed by atoms with Crippen LogP contribution in [0.25, 0.3) is 5.69 Å². The standard InChI is InChI=1S/C16H19N3O/c17-13-8-6-12(7-9-13)16(20)15-10-11-18-19(15)14-4-2-1-3-5-14/h1-5,10-13H,6-9,17H2. The van der Waals surface area contributed by atoms with E-state index in [1.165, 1.54) is 0 Å². The highest BCUT2D eigenvalue weighted by Gasteiger charge is 2.27. The number of carbonyl (C=O) groups is 1. The number of hydrogen-bond acceptors (Lipinski definition) is 3. The van der Waals surface area contributed by atoms with Gasteiger partial charge in [-0.15, -0.1) is 0 Å². The lowest BCUT2D eigenvalue weighted by Crippen LogP contribution is -2.30. The summed E-state index contributed by atoms with van der Waals surface area (Å²) in [7, 11) is 0. The molecular formula is C16H19N3O. The number of Topliss-reactive ketones (excluding diaryl/α,β-unsaturated/α-hetero) is 1. The average molecular weight is 269 g/mol. The molecule has 1 aliphatic carbocycles. The number of rotatable bonds is 3. The third-order valence-electron chi connectivity index (χ3n) is 4.04. The molecule has 0 aliphatic heterocycles. The summed E-state index contributed by atoms with van der Waals surface area (Å²) >= 11 is 0. The minimum atomic E-state index is 0.0916. The van der Waals surface area contributed by atoms with Crippen molar-refractivity contribution in [3.8, 4) is 5.69 Å². The average Bonchev–Trinajstić information content (AvgIpc) is 2.97. The molecule has 4 nitrogen and oxygen atoms in total. The van der Waals surface area contributed by atoms with Crippen LogP contribution < -0.4 is 5.73 Å². The Balaban J connectivity index is 1.85. The van der Waals surface area contributed by atoms with Gasteiger partial charge in [-0.25, -0.2) is 4.68 Å². The SMILES string of the molecule is NC1CCC(C(=O)c2ccnn2-c2ccccc2)CC1. The summed E-state index contributed by atoms with van der Waals surface area (Å²) in [6.45, 7) is 0. The molecule has 1 fully saturated rings. The normalized spacial score (nSPS) is 22.6. The van der Waals surface area contributed by atoms with Crippen LogP contribution >= 0.6 is 0 Å². The van der Waals surface area contributed by atoms with Gasteiger partial charge in [-0.3, -0.25) is 4.79 Å². The second-order valence-corrected chi connectivity index (χ2v) is 5.44. The van der Waals surface area contributed by atoms with E-state index in [-0.39, 0.29) is 17.7 Å². The number of para-hydroxylation sites is 1. The highest BCUT2D eigenvalue weighted by Crippen LogP contribution is 2.27. The van der Waals surface area contributed by atoms with Crippen LogP contribution in [0.4, 0.5) is 0 Å². The van der Waals surface area contributed by atoms with E-state index < -0.39 is 0 Å². The first-order valence-electron chi connectivity index (χ1n) is 7.15. The first-order valence-corrected chi connectivity index (χ1v) is 7.15. The second kappa shape index (κ2) is 5.59. The molecule has 1 aromatic heterocycles. The fraction of sp³-hybridized carbons (Fsp3) is 0.375. The number of hydrogen-bond donors (Lipinski definition) is 1. The highest BCUT2D eigenvalue weighted by molar-refractivity contribution is 5.96. The van der Waals surface area contributed by atoms with Crippen LogP contribution in [0.1, 0.15) is 36.2 Å². The summed E-state index contributed by atoms with van der Waals surface area (Å²) in [5.41, 5.74) is 7.51. The van der Waals surface area contributed by atoms with Crippen LogP contribution in [0, 0.1) is 5.92 Å². The molecule has 0 radical (unpaired) electrons. The molecule has 1 aliphatic rings. The van der Waals surface area contributed by atoms with E-state index in [1.807, 2.05) is 36.4 Å². The minimum absolute atomic E-state index is 0.0916. The molecule has 1 aromatic carbocycles. The fourth-order valence-electron chi connectivity index (χ4n) is 2.86. The summed E-state index contributed by atoms with van der Waals surface area (Å²) in [6.07, 6.45) is 5.35.